The van der Waals surface area contributed by atoms with Gasteiger partial charge in [-0.15, -0.1) is 5.10 Å². The van der Waals surface area contributed by atoms with Crippen LogP contribution in [0.3, 0.4) is 0 Å². The Kier molecular flexibility index (Phi) is 5.32. The van der Waals surface area contributed by atoms with E-state index in [0.29, 0.717) is 5.75 Å². The maximum atomic E-state index is 8.30. The first-order valence-corrected chi connectivity index (χ1v) is 4.78. The second-order valence-corrected chi connectivity index (χ2v) is 2.88. The van der Waals surface area contributed by atoms with Crippen molar-refractivity contribution in [3.05, 3.63) is 24.3 Å². The van der Waals surface area contributed by atoms with Gasteiger partial charge >= 0.3 is 0 Å². The molecule has 0 saturated carbocycles. The monoisotopic (exact) mass is 238 g/mol. The Bertz CT molecular complexity index is 389. The van der Waals surface area contributed by atoms with Crippen LogP contribution in [0.1, 0.15) is 0 Å². The Morgan fingerprint density at radius 3 is 2.65 bits per heavy atom. The molecular weight excluding hydrogens is 224 g/mol. The first kappa shape index (κ1) is 12.8. The molecule has 0 aliphatic rings. The number of nitrogens with one attached hydrogen (secondary N) is 1. The van der Waals surface area contributed by atoms with Crippen molar-refractivity contribution in [3.8, 4) is 11.5 Å². The fraction of sp³-hybridized carbons (Fsp3) is 0.200. The van der Waals surface area contributed by atoms with E-state index in [4.69, 9.17) is 20.4 Å². The summed E-state index contributed by atoms with van der Waals surface area (Å²) in [4.78, 5) is 0. The van der Waals surface area contributed by atoms with Gasteiger partial charge in [0.25, 0.3) is 0 Å². The lowest BCUT2D eigenvalue weighted by molar-refractivity contribution is 0.232. The molecule has 0 bridgehead atoms. The van der Waals surface area contributed by atoms with Crippen LogP contribution in [0.5, 0.6) is 11.5 Å². The minimum Gasteiger partial charge on any atom is -0.497 e. The molecular formula is C10H14N4O3. The zero-order valence-corrected chi connectivity index (χ0v) is 9.33. The fourth-order valence-electron chi connectivity index (χ4n) is 0.964. The summed E-state index contributed by atoms with van der Waals surface area (Å²) in [5.74, 6) is 1.26. The van der Waals surface area contributed by atoms with Gasteiger partial charge < -0.3 is 15.2 Å². The van der Waals surface area contributed by atoms with Crippen molar-refractivity contribution in [1.82, 2.24) is 5.48 Å². The van der Waals surface area contributed by atoms with Gasteiger partial charge in [-0.3, -0.25) is 5.21 Å². The number of nitrogens with zero attached hydrogens (tertiary/aromatic N) is 2. The van der Waals surface area contributed by atoms with Gasteiger partial charge in [0.15, 0.2) is 0 Å². The maximum absolute atomic E-state index is 8.30. The van der Waals surface area contributed by atoms with Crippen molar-refractivity contribution >= 4 is 12.2 Å². The first-order valence-electron chi connectivity index (χ1n) is 4.78. The van der Waals surface area contributed by atoms with E-state index in [0.717, 1.165) is 5.75 Å². The lowest BCUT2D eigenvalue weighted by atomic mass is 10.3. The van der Waals surface area contributed by atoms with Gasteiger partial charge in [0.2, 0.25) is 5.96 Å². The normalized spacial score (nSPS) is 11.5. The highest BCUT2D eigenvalue weighted by Gasteiger charge is 1.93. The molecule has 7 nitrogen and oxygen atoms in total. The molecule has 1 aromatic rings. The summed E-state index contributed by atoms with van der Waals surface area (Å²) in [6, 6.07) is 7.13. The minimum absolute atomic E-state index is 0.189. The van der Waals surface area contributed by atoms with Crippen LogP contribution in [-0.4, -0.2) is 31.1 Å². The summed E-state index contributed by atoms with van der Waals surface area (Å²) in [6.45, 7) is 0.245. The average molecular weight is 238 g/mol. The number of hydrogen-bond donors (Lipinski definition) is 3. The largest absolute Gasteiger partial charge is 0.497 e. The predicted octanol–water partition coefficient (Wildman–Crippen LogP) is 0.353. The summed E-state index contributed by atoms with van der Waals surface area (Å²) in [7, 11) is 1.60. The molecule has 0 amide bonds. The van der Waals surface area contributed by atoms with E-state index >= 15 is 0 Å². The van der Waals surface area contributed by atoms with Crippen LogP contribution < -0.4 is 20.7 Å². The van der Waals surface area contributed by atoms with E-state index in [-0.39, 0.29) is 12.6 Å². The molecule has 0 spiro atoms. The van der Waals surface area contributed by atoms with E-state index in [9.17, 15) is 0 Å². The molecule has 0 aromatic heterocycles. The molecule has 17 heavy (non-hydrogen) atoms. The topological polar surface area (TPSA) is 101 Å². The highest BCUT2D eigenvalue weighted by molar-refractivity contribution is 5.77. The molecule has 0 fully saturated rings. The van der Waals surface area contributed by atoms with Crippen molar-refractivity contribution in [2.75, 3.05) is 13.7 Å². The number of guanidine groups is 1. The second-order valence-electron chi connectivity index (χ2n) is 2.88. The zero-order valence-electron chi connectivity index (χ0n) is 9.33. The van der Waals surface area contributed by atoms with E-state index in [1.54, 1.807) is 36.9 Å². The first-order chi connectivity index (χ1) is 8.26. The number of hydroxylamine groups is 1. The standard InChI is InChI=1S/C10H14N4O3/c1-16-8-2-4-9(5-3-8)17-7-6-12-13-10(11)14-15/h2-6,15H,7H2,1H3,(H3,11,13,14). The van der Waals surface area contributed by atoms with Gasteiger partial charge in [0.05, 0.1) is 13.3 Å². The third-order valence-corrected chi connectivity index (χ3v) is 1.75. The molecule has 4 N–H and O–H groups in total. The summed E-state index contributed by atoms with van der Waals surface area (Å²) < 4.78 is 10.3. The minimum atomic E-state index is -0.189. The molecule has 1 aromatic carbocycles. The number of nitrogens with two attached hydrogens (primary N) is 1. The summed E-state index contributed by atoms with van der Waals surface area (Å²) in [5, 5.41) is 15.3. The van der Waals surface area contributed by atoms with Gasteiger partial charge in [-0.1, -0.05) is 0 Å². The molecule has 1 rings (SSSR count). The van der Waals surface area contributed by atoms with E-state index in [2.05, 4.69) is 10.2 Å². The Balaban J connectivity index is 2.35. The van der Waals surface area contributed by atoms with Gasteiger partial charge in [-0.05, 0) is 24.3 Å². The van der Waals surface area contributed by atoms with Crippen molar-refractivity contribution in [3.63, 3.8) is 0 Å². The van der Waals surface area contributed by atoms with Crippen molar-refractivity contribution in [2.45, 2.75) is 0 Å². The Hall–Kier alpha value is -2.28. The van der Waals surface area contributed by atoms with Gasteiger partial charge in [0.1, 0.15) is 18.1 Å². The molecule has 0 saturated heterocycles. The maximum Gasteiger partial charge on any atom is 0.237 e. The lowest BCUT2D eigenvalue weighted by Gasteiger charge is -2.03. The molecule has 0 radical (unpaired) electrons. The van der Waals surface area contributed by atoms with Crippen molar-refractivity contribution in [2.24, 2.45) is 15.9 Å². The van der Waals surface area contributed by atoms with Crippen molar-refractivity contribution < 1.29 is 14.7 Å². The van der Waals surface area contributed by atoms with Gasteiger partial charge in [0, 0.05) is 0 Å². The Labute approximate surface area is 98.5 Å². The van der Waals surface area contributed by atoms with E-state index in [1.165, 1.54) is 6.21 Å². The third kappa shape index (κ3) is 4.85. The van der Waals surface area contributed by atoms with Crippen LogP contribution in [0.4, 0.5) is 0 Å². The molecule has 0 atom stereocenters. The second kappa shape index (κ2) is 7.07. The lowest BCUT2D eigenvalue weighted by Crippen LogP contribution is -2.27. The van der Waals surface area contributed by atoms with Crippen LogP contribution in [0, 0.1) is 0 Å². The highest BCUT2D eigenvalue weighted by Crippen LogP contribution is 2.16. The number of hydrogen-bond acceptors (Lipinski definition) is 5. The van der Waals surface area contributed by atoms with Gasteiger partial charge in [-0.25, -0.2) is 5.48 Å². The molecule has 0 aliphatic heterocycles. The van der Waals surface area contributed by atoms with Crippen LogP contribution >= 0.6 is 0 Å². The van der Waals surface area contributed by atoms with Gasteiger partial charge in [-0.2, -0.15) is 5.10 Å². The molecule has 0 unspecified atom stereocenters. The van der Waals surface area contributed by atoms with E-state index in [1.807, 2.05) is 0 Å². The van der Waals surface area contributed by atoms with Crippen LogP contribution in [-0.2, 0) is 0 Å². The molecule has 0 heterocycles. The average Bonchev–Trinajstić information content (AvgIpc) is 2.38. The number of ether oxygens (including phenoxy) is 2. The van der Waals surface area contributed by atoms with Crippen molar-refractivity contribution in [1.29, 1.82) is 0 Å². The van der Waals surface area contributed by atoms with E-state index < -0.39 is 0 Å². The summed E-state index contributed by atoms with van der Waals surface area (Å²) in [5.41, 5.74) is 6.76. The van der Waals surface area contributed by atoms with Crippen LogP contribution in [0.25, 0.3) is 0 Å². The number of rotatable bonds is 5. The number of benzene rings is 1. The van der Waals surface area contributed by atoms with Crippen LogP contribution in [0.2, 0.25) is 0 Å². The number of methoxy groups -OCH3 is 1. The Morgan fingerprint density at radius 1 is 1.41 bits per heavy atom. The zero-order chi connectivity index (χ0) is 12.5. The SMILES string of the molecule is COc1ccc(OCC=NN=C(N)NO)cc1. The smallest absolute Gasteiger partial charge is 0.237 e. The molecule has 92 valence electrons. The molecule has 0 aliphatic carbocycles. The summed E-state index contributed by atoms with van der Waals surface area (Å²) >= 11 is 0. The summed E-state index contributed by atoms with van der Waals surface area (Å²) in [6.07, 6.45) is 1.41. The fourth-order valence-corrected chi connectivity index (χ4v) is 0.964. The third-order valence-electron chi connectivity index (χ3n) is 1.75. The quantitative estimate of drug-likeness (QED) is 0.390. The van der Waals surface area contributed by atoms with Crippen LogP contribution in [0.15, 0.2) is 34.5 Å². The highest BCUT2D eigenvalue weighted by atomic mass is 16.5. The Morgan fingerprint density at radius 2 is 2.06 bits per heavy atom. The predicted molar refractivity (Wildman–Crippen MR) is 63.5 cm³/mol. The molecule has 7 heteroatoms.